The average Bonchev–Trinajstić information content (AvgIpc) is 2.44. The molecular formula is C8H10ClNO2S. The fraction of sp³-hybridized carbons (Fsp3) is 0.375. The fourth-order valence-corrected chi connectivity index (χ4v) is 1.79. The number of anilines is 1. The first-order chi connectivity index (χ1) is 6.16. The van der Waals surface area contributed by atoms with Gasteiger partial charge in [-0.1, -0.05) is 18.5 Å². The number of carbonyl (C=O) groups is 1. The van der Waals surface area contributed by atoms with E-state index < -0.39 is 5.97 Å². The molecule has 13 heavy (non-hydrogen) atoms. The lowest BCUT2D eigenvalue weighted by Crippen LogP contribution is -2.06. The summed E-state index contributed by atoms with van der Waals surface area (Å²) in [6.07, 6.45) is 0.796. The van der Waals surface area contributed by atoms with Crippen LogP contribution in [0.25, 0.3) is 0 Å². The Balaban J connectivity index is 2.71. The Labute approximate surface area is 85.4 Å². The van der Waals surface area contributed by atoms with Crippen LogP contribution in [0.15, 0.2) is 5.38 Å². The van der Waals surface area contributed by atoms with E-state index in [2.05, 4.69) is 0 Å². The van der Waals surface area contributed by atoms with Gasteiger partial charge in [0, 0.05) is 5.38 Å². The molecule has 0 aliphatic carbocycles. The third kappa shape index (κ3) is 2.35. The van der Waals surface area contributed by atoms with E-state index in [-0.39, 0.29) is 0 Å². The average molecular weight is 220 g/mol. The van der Waals surface area contributed by atoms with E-state index in [0.717, 1.165) is 6.42 Å². The fourth-order valence-electron chi connectivity index (χ4n) is 0.764. The minimum atomic E-state index is -0.392. The summed E-state index contributed by atoms with van der Waals surface area (Å²) in [5.74, 6) is -0.392. The molecule has 0 unspecified atom stereocenters. The lowest BCUT2D eigenvalue weighted by Gasteiger charge is -2.00. The second-order valence-electron chi connectivity index (χ2n) is 2.46. The molecule has 1 aromatic heterocycles. The summed E-state index contributed by atoms with van der Waals surface area (Å²) in [6.45, 7) is 2.34. The normalized spacial score (nSPS) is 10.0. The number of esters is 1. The van der Waals surface area contributed by atoms with E-state index in [4.69, 9.17) is 22.1 Å². The highest BCUT2D eigenvalue weighted by molar-refractivity contribution is 7.13. The molecule has 2 N–H and O–H groups in total. The Kier molecular flexibility index (Phi) is 3.57. The summed E-state index contributed by atoms with van der Waals surface area (Å²) in [7, 11) is 0. The minimum Gasteiger partial charge on any atom is -0.461 e. The Hall–Kier alpha value is -0.740. The number of ether oxygens (including phenoxy) is 1. The summed E-state index contributed by atoms with van der Waals surface area (Å²) in [5.41, 5.74) is 5.87. The van der Waals surface area contributed by atoms with Gasteiger partial charge < -0.3 is 10.5 Å². The maximum absolute atomic E-state index is 11.3. The molecule has 0 aliphatic rings. The first-order valence-corrected chi connectivity index (χ1v) is 5.12. The van der Waals surface area contributed by atoms with Gasteiger partial charge in [0.25, 0.3) is 0 Å². The highest BCUT2D eigenvalue weighted by atomic mass is 35.5. The number of carbonyl (C=O) groups excluding carboxylic acids is 1. The van der Waals surface area contributed by atoms with Crippen LogP contribution in [0.1, 0.15) is 23.0 Å². The third-order valence-electron chi connectivity index (χ3n) is 1.40. The van der Waals surface area contributed by atoms with Crippen molar-refractivity contribution in [3.63, 3.8) is 0 Å². The smallest absolute Gasteiger partial charge is 0.350 e. The summed E-state index contributed by atoms with van der Waals surface area (Å²) >= 11 is 6.89. The molecular weight excluding hydrogens is 210 g/mol. The molecule has 0 saturated carbocycles. The number of halogens is 1. The van der Waals surface area contributed by atoms with Crippen molar-refractivity contribution in [1.29, 1.82) is 0 Å². The topological polar surface area (TPSA) is 52.3 Å². The summed E-state index contributed by atoms with van der Waals surface area (Å²) in [5, 5.41) is 2.04. The molecule has 72 valence electrons. The number of rotatable bonds is 3. The first-order valence-electron chi connectivity index (χ1n) is 3.86. The molecule has 1 heterocycles. The Morgan fingerprint density at radius 2 is 2.46 bits per heavy atom. The summed E-state index contributed by atoms with van der Waals surface area (Å²) < 4.78 is 4.90. The van der Waals surface area contributed by atoms with E-state index in [1.807, 2.05) is 6.92 Å². The van der Waals surface area contributed by atoms with Gasteiger partial charge in [0.15, 0.2) is 0 Å². The van der Waals surface area contributed by atoms with E-state index in [1.54, 1.807) is 5.38 Å². The van der Waals surface area contributed by atoms with Crippen LogP contribution in [-0.4, -0.2) is 12.6 Å². The maximum atomic E-state index is 11.3. The van der Waals surface area contributed by atoms with Crippen LogP contribution < -0.4 is 5.73 Å². The molecule has 0 spiro atoms. The van der Waals surface area contributed by atoms with Gasteiger partial charge >= 0.3 is 5.97 Å². The Morgan fingerprint density at radius 1 is 1.77 bits per heavy atom. The molecule has 0 radical (unpaired) electrons. The van der Waals surface area contributed by atoms with Gasteiger partial charge in [0.2, 0.25) is 0 Å². The van der Waals surface area contributed by atoms with Crippen molar-refractivity contribution in [2.24, 2.45) is 0 Å². The highest BCUT2D eigenvalue weighted by Crippen LogP contribution is 2.29. The van der Waals surface area contributed by atoms with Crippen molar-refractivity contribution in [2.75, 3.05) is 12.3 Å². The number of hydrogen-bond donors (Lipinski definition) is 1. The molecule has 1 aromatic rings. The van der Waals surface area contributed by atoms with Crippen molar-refractivity contribution in [1.82, 2.24) is 0 Å². The van der Waals surface area contributed by atoms with Gasteiger partial charge in [0.05, 0.1) is 17.3 Å². The zero-order valence-electron chi connectivity index (χ0n) is 7.17. The van der Waals surface area contributed by atoms with Crippen molar-refractivity contribution in [3.8, 4) is 0 Å². The molecule has 0 atom stereocenters. The second kappa shape index (κ2) is 4.48. The molecule has 0 aliphatic heterocycles. The third-order valence-corrected chi connectivity index (χ3v) is 2.82. The van der Waals surface area contributed by atoms with Crippen LogP contribution in [0.2, 0.25) is 5.02 Å². The standard InChI is InChI=1S/C8H10ClNO2S/c1-2-3-12-8(11)7-6(10)5(9)4-13-7/h4H,2-3,10H2,1H3. The molecule has 0 amide bonds. The SMILES string of the molecule is CCCOC(=O)c1scc(Cl)c1N. The minimum absolute atomic E-state index is 0.313. The van der Waals surface area contributed by atoms with Crippen molar-refractivity contribution in [2.45, 2.75) is 13.3 Å². The van der Waals surface area contributed by atoms with Gasteiger partial charge in [-0.2, -0.15) is 0 Å². The maximum Gasteiger partial charge on any atom is 0.350 e. The molecule has 0 aromatic carbocycles. The molecule has 0 bridgehead atoms. The second-order valence-corrected chi connectivity index (χ2v) is 3.75. The van der Waals surface area contributed by atoms with E-state index in [9.17, 15) is 4.79 Å². The molecule has 0 fully saturated rings. The van der Waals surface area contributed by atoms with E-state index >= 15 is 0 Å². The number of nitrogen functional groups attached to an aromatic ring is 1. The predicted octanol–water partition coefficient (Wildman–Crippen LogP) is 2.55. The van der Waals surface area contributed by atoms with Crippen LogP contribution in [0.3, 0.4) is 0 Å². The van der Waals surface area contributed by atoms with Crippen LogP contribution in [-0.2, 0) is 4.74 Å². The summed E-state index contributed by atoms with van der Waals surface area (Å²) in [4.78, 5) is 11.7. The van der Waals surface area contributed by atoms with Gasteiger partial charge in [-0.3, -0.25) is 0 Å². The lowest BCUT2D eigenvalue weighted by molar-refractivity contribution is 0.0512. The van der Waals surface area contributed by atoms with E-state index in [0.29, 0.717) is 22.2 Å². The number of thiophene rings is 1. The van der Waals surface area contributed by atoms with Gasteiger partial charge in [-0.15, -0.1) is 11.3 Å². The number of nitrogens with two attached hydrogens (primary N) is 1. The van der Waals surface area contributed by atoms with Crippen molar-refractivity contribution < 1.29 is 9.53 Å². The Bertz CT molecular complexity index is 311. The largest absolute Gasteiger partial charge is 0.461 e. The van der Waals surface area contributed by atoms with Crippen molar-refractivity contribution >= 4 is 34.6 Å². The van der Waals surface area contributed by atoms with Crippen LogP contribution in [0.4, 0.5) is 5.69 Å². The van der Waals surface area contributed by atoms with Crippen molar-refractivity contribution in [3.05, 3.63) is 15.3 Å². The van der Waals surface area contributed by atoms with Crippen LogP contribution in [0, 0.1) is 0 Å². The predicted molar refractivity (Wildman–Crippen MR) is 54.3 cm³/mol. The molecule has 5 heteroatoms. The highest BCUT2D eigenvalue weighted by Gasteiger charge is 2.15. The zero-order valence-corrected chi connectivity index (χ0v) is 8.74. The monoisotopic (exact) mass is 219 g/mol. The number of hydrogen-bond acceptors (Lipinski definition) is 4. The first kappa shape index (κ1) is 10.3. The van der Waals surface area contributed by atoms with Crippen LogP contribution in [0.5, 0.6) is 0 Å². The summed E-state index contributed by atoms with van der Waals surface area (Å²) in [6, 6.07) is 0. The zero-order chi connectivity index (χ0) is 9.84. The molecule has 1 rings (SSSR count). The molecule has 0 saturated heterocycles. The Morgan fingerprint density at radius 3 is 2.92 bits per heavy atom. The lowest BCUT2D eigenvalue weighted by atomic mass is 10.4. The van der Waals surface area contributed by atoms with Gasteiger partial charge in [-0.25, -0.2) is 4.79 Å². The van der Waals surface area contributed by atoms with Crippen LogP contribution >= 0.6 is 22.9 Å². The van der Waals surface area contributed by atoms with Gasteiger partial charge in [-0.05, 0) is 6.42 Å². The molecule has 3 nitrogen and oxygen atoms in total. The van der Waals surface area contributed by atoms with Gasteiger partial charge in [0.1, 0.15) is 4.88 Å². The van der Waals surface area contributed by atoms with E-state index in [1.165, 1.54) is 11.3 Å². The quantitative estimate of drug-likeness (QED) is 0.795.